The highest BCUT2D eigenvalue weighted by atomic mass is 32.1. The highest BCUT2D eigenvalue weighted by Crippen LogP contribution is 2.31. The fourth-order valence-corrected chi connectivity index (χ4v) is 2.78. The maximum atomic E-state index is 6.01. The fourth-order valence-electron chi connectivity index (χ4n) is 1.73. The SMILES string of the molecule is CCC(C)OCc1nc(N)c2c(C)c(C)sc2n1. The van der Waals surface area contributed by atoms with E-state index >= 15 is 0 Å². The summed E-state index contributed by atoms with van der Waals surface area (Å²) >= 11 is 1.66. The maximum absolute atomic E-state index is 6.01. The van der Waals surface area contributed by atoms with Gasteiger partial charge in [0.15, 0.2) is 5.82 Å². The lowest BCUT2D eigenvalue weighted by molar-refractivity contribution is 0.0470. The Morgan fingerprint density at radius 2 is 2.06 bits per heavy atom. The van der Waals surface area contributed by atoms with Crippen molar-refractivity contribution in [1.29, 1.82) is 0 Å². The van der Waals surface area contributed by atoms with Crippen molar-refractivity contribution in [3.8, 4) is 0 Å². The number of nitrogen functional groups attached to an aromatic ring is 1. The van der Waals surface area contributed by atoms with Crippen LogP contribution in [-0.4, -0.2) is 16.1 Å². The van der Waals surface area contributed by atoms with E-state index in [-0.39, 0.29) is 6.10 Å². The van der Waals surface area contributed by atoms with E-state index in [9.17, 15) is 0 Å². The standard InChI is InChI=1S/C13H19N3OS/c1-5-7(2)17-6-10-15-12(14)11-8(3)9(4)18-13(11)16-10/h7H,5-6H2,1-4H3,(H2,14,15,16). The number of nitrogens with two attached hydrogens (primary N) is 1. The van der Waals surface area contributed by atoms with Gasteiger partial charge in [-0.2, -0.15) is 0 Å². The summed E-state index contributed by atoms with van der Waals surface area (Å²) in [6.45, 7) is 8.70. The number of aryl methyl sites for hydroxylation is 2. The maximum Gasteiger partial charge on any atom is 0.158 e. The van der Waals surface area contributed by atoms with Gasteiger partial charge in [-0.3, -0.25) is 0 Å². The largest absolute Gasteiger partial charge is 0.383 e. The Bertz CT molecular complexity index is 565. The highest BCUT2D eigenvalue weighted by Gasteiger charge is 2.13. The lowest BCUT2D eigenvalue weighted by Gasteiger charge is -2.09. The van der Waals surface area contributed by atoms with Gasteiger partial charge in [0.1, 0.15) is 17.3 Å². The number of aromatic nitrogens is 2. The second-order valence-corrected chi connectivity index (χ2v) is 5.72. The molecule has 0 aromatic carbocycles. The summed E-state index contributed by atoms with van der Waals surface area (Å²) in [4.78, 5) is 11.1. The summed E-state index contributed by atoms with van der Waals surface area (Å²) < 4.78 is 5.64. The lowest BCUT2D eigenvalue weighted by Crippen LogP contribution is -2.09. The molecule has 0 saturated heterocycles. The Morgan fingerprint density at radius 3 is 2.72 bits per heavy atom. The molecule has 4 nitrogen and oxygen atoms in total. The molecule has 2 rings (SSSR count). The van der Waals surface area contributed by atoms with Crippen molar-refractivity contribution < 1.29 is 4.74 Å². The Morgan fingerprint density at radius 1 is 1.33 bits per heavy atom. The van der Waals surface area contributed by atoms with Gasteiger partial charge in [-0.05, 0) is 32.8 Å². The van der Waals surface area contributed by atoms with E-state index in [1.807, 2.05) is 6.92 Å². The topological polar surface area (TPSA) is 61.0 Å². The molecule has 0 fully saturated rings. The fraction of sp³-hybridized carbons (Fsp3) is 0.538. The zero-order valence-corrected chi connectivity index (χ0v) is 12.1. The molecule has 2 N–H and O–H groups in total. The van der Waals surface area contributed by atoms with Gasteiger partial charge in [-0.15, -0.1) is 11.3 Å². The van der Waals surface area contributed by atoms with Crippen molar-refractivity contribution in [3.63, 3.8) is 0 Å². The van der Waals surface area contributed by atoms with Crippen molar-refractivity contribution >= 4 is 27.4 Å². The minimum Gasteiger partial charge on any atom is -0.383 e. The lowest BCUT2D eigenvalue weighted by atomic mass is 10.2. The van der Waals surface area contributed by atoms with Gasteiger partial charge in [0.05, 0.1) is 11.5 Å². The third kappa shape index (κ3) is 2.47. The van der Waals surface area contributed by atoms with Crippen LogP contribution in [0.15, 0.2) is 0 Å². The minimum atomic E-state index is 0.220. The van der Waals surface area contributed by atoms with Crippen LogP contribution in [0.3, 0.4) is 0 Å². The van der Waals surface area contributed by atoms with Crippen LogP contribution in [0.2, 0.25) is 0 Å². The number of nitrogens with zero attached hydrogens (tertiary/aromatic N) is 2. The second-order valence-electron chi connectivity index (χ2n) is 4.52. The summed E-state index contributed by atoms with van der Waals surface area (Å²) in [6, 6.07) is 0. The van der Waals surface area contributed by atoms with Crippen LogP contribution in [0.5, 0.6) is 0 Å². The molecule has 2 aromatic rings. The first-order chi connectivity index (χ1) is 8.52. The van der Waals surface area contributed by atoms with Crippen molar-refractivity contribution in [2.45, 2.75) is 46.8 Å². The molecule has 2 aromatic heterocycles. The summed E-state index contributed by atoms with van der Waals surface area (Å²) in [5.41, 5.74) is 7.19. The number of hydrogen-bond acceptors (Lipinski definition) is 5. The van der Waals surface area contributed by atoms with Gasteiger partial charge in [0, 0.05) is 4.88 Å². The number of thiophene rings is 1. The first kappa shape index (κ1) is 13.2. The predicted octanol–water partition coefficient (Wildman–Crippen LogP) is 3.21. The normalized spacial score (nSPS) is 13.1. The van der Waals surface area contributed by atoms with Crippen molar-refractivity contribution in [2.75, 3.05) is 5.73 Å². The van der Waals surface area contributed by atoms with E-state index < -0.39 is 0 Å². The molecule has 0 aliphatic rings. The molecule has 0 aliphatic carbocycles. The monoisotopic (exact) mass is 265 g/mol. The summed E-state index contributed by atoms with van der Waals surface area (Å²) in [6.07, 6.45) is 1.20. The van der Waals surface area contributed by atoms with E-state index in [4.69, 9.17) is 10.5 Å². The van der Waals surface area contributed by atoms with Gasteiger partial charge in [0.2, 0.25) is 0 Å². The number of anilines is 1. The average molecular weight is 265 g/mol. The Kier molecular flexibility index (Phi) is 3.82. The zero-order valence-electron chi connectivity index (χ0n) is 11.3. The Hall–Kier alpha value is -1.20. The van der Waals surface area contributed by atoms with Crippen LogP contribution in [0, 0.1) is 13.8 Å². The molecule has 18 heavy (non-hydrogen) atoms. The molecular weight excluding hydrogens is 246 g/mol. The number of rotatable bonds is 4. The van der Waals surface area contributed by atoms with E-state index in [1.54, 1.807) is 11.3 Å². The molecule has 0 amide bonds. The van der Waals surface area contributed by atoms with Crippen molar-refractivity contribution in [1.82, 2.24) is 9.97 Å². The summed E-state index contributed by atoms with van der Waals surface area (Å²) in [7, 11) is 0. The first-order valence-electron chi connectivity index (χ1n) is 6.16. The molecule has 0 spiro atoms. The molecule has 5 heteroatoms. The van der Waals surface area contributed by atoms with Crippen LogP contribution in [0.1, 0.15) is 36.5 Å². The number of hydrogen-bond donors (Lipinski definition) is 1. The van der Waals surface area contributed by atoms with Crippen LogP contribution in [0.4, 0.5) is 5.82 Å². The molecule has 0 bridgehead atoms. The Labute approximate surface area is 111 Å². The minimum absolute atomic E-state index is 0.220. The van der Waals surface area contributed by atoms with Crippen LogP contribution in [0.25, 0.3) is 10.2 Å². The molecule has 0 aliphatic heterocycles. The molecule has 0 radical (unpaired) electrons. The van der Waals surface area contributed by atoms with E-state index in [0.29, 0.717) is 18.2 Å². The van der Waals surface area contributed by atoms with Gasteiger partial charge < -0.3 is 10.5 Å². The van der Waals surface area contributed by atoms with Gasteiger partial charge >= 0.3 is 0 Å². The van der Waals surface area contributed by atoms with Crippen LogP contribution < -0.4 is 5.73 Å². The summed E-state index contributed by atoms with van der Waals surface area (Å²) in [5.74, 6) is 1.23. The predicted molar refractivity (Wildman–Crippen MR) is 75.8 cm³/mol. The summed E-state index contributed by atoms with van der Waals surface area (Å²) in [5, 5.41) is 0.991. The quantitative estimate of drug-likeness (QED) is 0.922. The number of ether oxygens (including phenoxy) is 1. The Balaban J connectivity index is 2.32. The third-order valence-corrected chi connectivity index (χ3v) is 4.28. The molecule has 0 saturated carbocycles. The molecule has 1 atom stereocenters. The van der Waals surface area contributed by atoms with E-state index in [0.717, 1.165) is 16.6 Å². The number of fused-ring (bicyclic) bond motifs is 1. The van der Waals surface area contributed by atoms with Crippen molar-refractivity contribution in [2.24, 2.45) is 0 Å². The first-order valence-corrected chi connectivity index (χ1v) is 6.98. The molecule has 2 heterocycles. The highest BCUT2D eigenvalue weighted by molar-refractivity contribution is 7.18. The zero-order chi connectivity index (χ0) is 13.3. The third-order valence-electron chi connectivity index (χ3n) is 3.17. The van der Waals surface area contributed by atoms with Crippen LogP contribution in [-0.2, 0) is 11.3 Å². The van der Waals surface area contributed by atoms with Crippen LogP contribution >= 0.6 is 11.3 Å². The molecule has 1 unspecified atom stereocenters. The smallest absolute Gasteiger partial charge is 0.158 e. The molecule has 98 valence electrons. The second kappa shape index (κ2) is 5.20. The van der Waals surface area contributed by atoms with Crippen molar-refractivity contribution in [3.05, 3.63) is 16.3 Å². The van der Waals surface area contributed by atoms with Gasteiger partial charge in [-0.25, -0.2) is 9.97 Å². The van der Waals surface area contributed by atoms with Gasteiger partial charge in [0.25, 0.3) is 0 Å². The average Bonchev–Trinajstić information content (AvgIpc) is 2.62. The van der Waals surface area contributed by atoms with E-state index in [2.05, 4.69) is 30.7 Å². The van der Waals surface area contributed by atoms with E-state index in [1.165, 1.54) is 10.4 Å². The van der Waals surface area contributed by atoms with Gasteiger partial charge in [-0.1, -0.05) is 6.92 Å². The molecular formula is C13H19N3OS.